The highest BCUT2D eigenvalue weighted by Gasteiger charge is 2.31. The molecule has 2 aromatic heterocycles. The van der Waals surface area contributed by atoms with Crippen molar-refractivity contribution in [2.24, 2.45) is 0 Å². The second-order valence-corrected chi connectivity index (χ2v) is 9.01. The minimum atomic E-state index is -4.53. The quantitative estimate of drug-likeness (QED) is 0.235. The third kappa shape index (κ3) is 4.70. The van der Waals surface area contributed by atoms with Crippen LogP contribution in [-0.2, 0) is 17.5 Å². The van der Waals surface area contributed by atoms with Crippen molar-refractivity contribution in [2.45, 2.75) is 19.6 Å². The number of aromatic amines is 1. The molecule has 1 amide bonds. The van der Waals surface area contributed by atoms with Crippen molar-refractivity contribution in [3.63, 3.8) is 0 Å². The zero-order valence-electron chi connectivity index (χ0n) is 20.1. The van der Waals surface area contributed by atoms with Gasteiger partial charge in [0.15, 0.2) is 0 Å². The van der Waals surface area contributed by atoms with Gasteiger partial charge in [0.25, 0.3) is 5.91 Å². The number of aryl methyl sites for hydroxylation is 1. The molecule has 7 nitrogen and oxygen atoms in total. The van der Waals surface area contributed by atoms with Crippen LogP contribution < -0.4 is 5.32 Å². The average Bonchev–Trinajstić information content (AvgIpc) is 3.43. The molecule has 0 unspecified atom stereocenters. The second kappa shape index (κ2) is 9.73. The first kappa shape index (κ1) is 25.7. The fraction of sp³-hybridized carbons (Fsp3) is 0.192. The van der Waals surface area contributed by atoms with Crippen LogP contribution in [0, 0.1) is 12.7 Å². The number of carbonyl (C=O) groups is 1. The predicted molar refractivity (Wildman–Crippen MR) is 136 cm³/mol. The normalized spacial score (nSPS) is 12.0. The number of fused-ring (bicyclic) bond motifs is 2. The molecular formula is C26H20ClF4N5O2. The molecule has 0 saturated heterocycles. The molecule has 12 heteroatoms. The van der Waals surface area contributed by atoms with Crippen molar-refractivity contribution >= 4 is 45.5 Å². The Morgan fingerprint density at radius 1 is 1.13 bits per heavy atom. The number of anilines is 1. The maximum Gasteiger partial charge on any atom is 0.416 e. The van der Waals surface area contributed by atoms with Gasteiger partial charge in [0.05, 0.1) is 44.8 Å². The molecule has 196 valence electrons. The Kier molecular flexibility index (Phi) is 6.58. The topological polar surface area (TPSA) is 84.8 Å². The highest BCUT2D eigenvalue weighted by atomic mass is 35.5. The number of methoxy groups -OCH3 is 1. The summed E-state index contributed by atoms with van der Waals surface area (Å²) in [4.78, 5) is 25.0. The summed E-state index contributed by atoms with van der Waals surface area (Å²) in [6, 6.07) is 10.7. The number of carbonyl (C=O) groups excluding carboxylic acids is 1. The van der Waals surface area contributed by atoms with E-state index >= 15 is 0 Å². The van der Waals surface area contributed by atoms with Gasteiger partial charge in [0, 0.05) is 19.2 Å². The van der Waals surface area contributed by atoms with Crippen LogP contribution in [0.15, 0.2) is 48.5 Å². The maximum atomic E-state index is 14.4. The summed E-state index contributed by atoms with van der Waals surface area (Å²) in [5.41, 5.74) is 1.67. The monoisotopic (exact) mass is 545 g/mol. The van der Waals surface area contributed by atoms with Crippen LogP contribution >= 0.6 is 11.6 Å². The zero-order chi connectivity index (χ0) is 27.2. The first-order valence-electron chi connectivity index (χ1n) is 11.4. The molecule has 2 N–H and O–H groups in total. The minimum Gasteiger partial charge on any atom is -0.383 e. The molecule has 38 heavy (non-hydrogen) atoms. The third-order valence-electron chi connectivity index (χ3n) is 6.07. The fourth-order valence-electron chi connectivity index (χ4n) is 4.24. The molecule has 0 aliphatic rings. The van der Waals surface area contributed by atoms with Crippen LogP contribution in [0.1, 0.15) is 21.5 Å². The maximum absolute atomic E-state index is 14.4. The number of hydrogen-bond acceptors (Lipinski definition) is 4. The number of nitrogens with one attached hydrogen (secondary N) is 2. The Morgan fingerprint density at radius 2 is 1.92 bits per heavy atom. The number of halogens is 5. The number of rotatable bonds is 6. The number of ether oxygens (including phenoxy) is 1. The second-order valence-electron chi connectivity index (χ2n) is 8.60. The summed E-state index contributed by atoms with van der Waals surface area (Å²) in [5.74, 6) is -0.810. The highest BCUT2D eigenvalue weighted by molar-refractivity contribution is 6.33. The summed E-state index contributed by atoms with van der Waals surface area (Å²) < 4.78 is 60.8. The van der Waals surface area contributed by atoms with E-state index in [0.717, 1.165) is 12.1 Å². The fourth-order valence-corrected chi connectivity index (χ4v) is 4.50. The first-order valence-corrected chi connectivity index (χ1v) is 11.8. The third-order valence-corrected chi connectivity index (χ3v) is 6.39. The molecule has 5 rings (SSSR count). The van der Waals surface area contributed by atoms with E-state index in [4.69, 9.17) is 16.3 Å². The summed E-state index contributed by atoms with van der Waals surface area (Å²) in [6.45, 7) is 2.25. The SMILES string of the molecule is COCCn1c(NC(=O)c2cc(C)c3[nH]c(-c4c(F)cccc4Cl)nc3c2)nc2cc(C(F)(F)F)ccc21. The summed E-state index contributed by atoms with van der Waals surface area (Å²) >= 11 is 6.18. The van der Waals surface area contributed by atoms with Gasteiger partial charge < -0.3 is 14.3 Å². The van der Waals surface area contributed by atoms with Crippen molar-refractivity contribution in [2.75, 3.05) is 19.0 Å². The molecule has 0 fully saturated rings. The van der Waals surface area contributed by atoms with Gasteiger partial charge in [-0.2, -0.15) is 13.2 Å². The molecule has 0 aliphatic heterocycles. The van der Waals surface area contributed by atoms with Gasteiger partial charge in [-0.25, -0.2) is 14.4 Å². The summed E-state index contributed by atoms with van der Waals surface area (Å²) in [6.07, 6.45) is -4.53. The van der Waals surface area contributed by atoms with E-state index in [1.54, 1.807) is 23.6 Å². The smallest absolute Gasteiger partial charge is 0.383 e. The average molecular weight is 546 g/mol. The van der Waals surface area contributed by atoms with Crippen molar-refractivity contribution < 1.29 is 27.1 Å². The van der Waals surface area contributed by atoms with Crippen molar-refractivity contribution in [3.05, 3.63) is 76.1 Å². The largest absolute Gasteiger partial charge is 0.416 e. The number of benzene rings is 3. The van der Waals surface area contributed by atoms with Crippen LogP contribution in [-0.4, -0.2) is 39.1 Å². The van der Waals surface area contributed by atoms with Crippen LogP contribution in [0.5, 0.6) is 0 Å². The standard InChI is InChI=1S/C26H20ClF4N5O2/c1-13-10-14(11-19-22(13)34-23(32-19)21-16(27)4-3-5-17(21)28)24(37)35-25-33-18-12-15(26(29,30)31)6-7-20(18)36(25)8-9-38-2/h3-7,10-12H,8-9H2,1-2H3,(H,32,34)(H,33,35,37). The lowest BCUT2D eigenvalue weighted by molar-refractivity contribution is -0.137. The van der Waals surface area contributed by atoms with E-state index in [9.17, 15) is 22.4 Å². The summed E-state index contributed by atoms with van der Waals surface area (Å²) in [5, 5.41) is 2.87. The number of aromatic nitrogens is 4. The lowest BCUT2D eigenvalue weighted by Crippen LogP contribution is -2.17. The molecule has 0 radical (unpaired) electrons. The molecule has 0 spiro atoms. The van der Waals surface area contributed by atoms with E-state index in [0.29, 0.717) is 22.1 Å². The van der Waals surface area contributed by atoms with Gasteiger partial charge in [-0.05, 0) is 55.0 Å². The van der Waals surface area contributed by atoms with Crippen molar-refractivity contribution in [3.8, 4) is 11.4 Å². The highest BCUT2D eigenvalue weighted by Crippen LogP contribution is 2.33. The number of hydrogen-bond donors (Lipinski definition) is 2. The van der Waals surface area contributed by atoms with Crippen LogP contribution in [0.2, 0.25) is 5.02 Å². The molecular weight excluding hydrogens is 526 g/mol. The van der Waals surface area contributed by atoms with Gasteiger partial charge in [-0.3, -0.25) is 10.1 Å². The summed E-state index contributed by atoms with van der Waals surface area (Å²) in [7, 11) is 1.49. The molecule has 0 atom stereocenters. The molecule has 2 heterocycles. The van der Waals surface area contributed by atoms with Gasteiger partial charge in [-0.1, -0.05) is 17.7 Å². The van der Waals surface area contributed by atoms with E-state index in [1.807, 2.05) is 0 Å². The molecule has 5 aromatic rings. The Hall–Kier alpha value is -3.96. The number of nitrogens with zero attached hydrogens (tertiary/aromatic N) is 3. The van der Waals surface area contributed by atoms with Gasteiger partial charge in [0.2, 0.25) is 5.95 Å². The molecule has 0 aliphatic carbocycles. The van der Waals surface area contributed by atoms with E-state index in [2.05, 4.69) is 20.3 Å². The van der Waals surface area contributed by atoms with Gasteiger partial charge in [0.1, 0.15) is 11.6 Å². The van der Waals surface area contributed by atoms with Crippen LogP contribution in [0.4, 0.5) is 23.5 Å². The molecule has 0 saturated carbocycles. The number of H-pyrrole nitrogens is 1. The molecule has 3 aromatic carbocycles. The predicted octanol–water partition coefficient (Wildman–Crippen LogP) is 6.60. The first-order chi connectivity index (χ1) is 18.1. The Balaban J connectivity index is 1.52. The zero-order valence-corrected chi connectivity index (χ0v) is 20.8. The lowest BCUT2D eigenvalue weighted by atomic mass is 10.1. The number of amides is 1. The van der Waals surface area contributed by atoms with Crippen molar-refractivity contribution in [1.82, 2.24) is 19.5 Å². The van der Waals surface area contributed by atoms with E-state index in [-0.39, 0.29) is 46.6 Å². The number of imidazole rings is 2. The molecule has 0 bridgehead atoms. The van der Waals surface area contributed by atoms with Crippen molar-refractivity contribution in [1.29, 1.82) is 0 Å². The Morgan fingerprint density at radius 3 is 2.63 bits per heavy atom. The van der Waals surface area contributed by atoms with E-state index < -0.39 is 23.5 Å². The number of alkyl halides is 3. The van der Waals surface area contributed by atoms with E-state index in [1.165, 1.54) is 31.4 Å². The van der Waals surface area contributed by atoms with Gasteiger partial charge >= 0.3 is 6.18 Å². The van der Waals surface area contributed by atoms with Gasteiger partial charge in [-0.15, -0.1) is 0 Å². The Labute approximate surface area is 218 Å². The lowest BCUT2D eigenvalue weighted by Gasteiger charge is -2.10. The minimum absolute atomic E-state index is 0.0694. The Bertz CT molecular complexity index is 1670. The van der Waals surface area contributed by atoms with Crippen LogP contribution in [0.3, 0.4) is 0 Å². The van der Waals surface area contributed by atoms with Crippen LogP contribution in [0.25, 0.3) is 33.5 Å².